The molecule has 0 unspecified atom stereocenters. The Hall–Kier alpha value is -3.12. The Kier molecular flexibility index (Phi) is 3.62. The summed E-state index contributed by atoms with van der Waals surface area (Å²) in [6.07, 6.45) is 1.72. The third-order valence-electron chi connectivity index (χ3n) is 3.15. The van der Waals surface area contributed by atoms with E-state index in [4.69, 9.17) is 5.26 Å². The van der Waals surface area contributed by atoms with Crippen LogP contribution in [-0.4, -0.2) is 4.98 Å². The number of hydrogen-bond acceptors (Lipinski definition) is 3. The van der Waals surface area contributed by atoms with Crippen LogP contribution in [0.15, 0.2) is 79.0 Å². The van der Waals surface area contributed by atoms with Gasteiger partial charge in [0.05, 0.1) is 11.9 Å². The fourth-order valence-electron chi connectivity index (χ4n) is 2.19. The molecule has 0 fully saturated rings. The number of nitriles is 1. The van der Waals surface area contributed by atoms with Crippen LogP contribution in [0, 0.1) is 11.3 Å². The van der Waals surface area contributed by atoms with E-state index in [1.807, 2.05) is 72.8 Å². The normalized spacial score (nSPS) is 9.86. The molecule has 0 saturated heterocycles. The number of benzene rings is 2. The van der Waals surface area contributed by atoms with Crippen LogP contribution in [0.4, 0.5) is 17.1 Å². The molecule has 0 radical (unpaired) electrons. The molecule has 0 saturated carbocycles. The number of rotatable bonds is 3. The summed E-state index contributed by atoms with van der Waals surface area (Å²) in [6, 6.07) is 25.9. The molecule has 3 nitrogen and oxygen atoms in total. The average Bonchev–Trinajstić information content (AvgIpc) is 2.58. The Bertz CT molecular complexity index is 704. The third-order valence-corrected chi connectivity index (χ3v) is 3.15. The monoisotopic (exact) mass is 271 g/mol. The Balaban J connectivity index is 2.10. The highest BCUT2D eigenvalue weighted by atomic mass is 15.1. The van der Waals surface area contributed by atoms with Crippen LogP contribution in [0.5, 0.6) is 0 Å². The lowest BCUT2D eigenvalue weighted by atomic mass is 10.2. The molecule has 3 aromatic rings. The minimum atomic E-state index is 0.417. The maximum absolute atomic E-state index is 8.88. The second-order valence-corrected chi connectivity index (χ2v) is 4.52. The first-order valence-corrected chi connectivity index (χ1v) is 6.65. The highest BCUT2D eigenvalue weighted by molar-refractivity contribution is 5.75. The molecule has 0 N–H and O–H groups in total. The number of pyridine rings is 1. The zero-order chi connectivity index (χ0) is 14.5. The van der Waals surface area contributed by atoms with E-state index in [0.29, 0.717) is 5.69 Å². The van der Waals surface area contributed by atoms with Crippen LogP contribution >= 0.6 is 0 Å². The van der Waals surface area contributed by atoms with Crippen LogP contribution in [-0.2, 0) is 0 Å². The largest absolute Gasteiger partial charge is 0.309 e. The first-order chi connectivity index (χ1) is 10.4. The van der Waals surface area contributed by atoms with Gasteiger partial charge in [-0.2, -0.15) is 5.26 Å². The molecule has 0 aliphatic heterocycles. The van der Waals surface area contributed by atoms with E-state index in [1.165, 1.54) is 0 Å². The molecule has 21 heavy (non-hydrogen) atoms. The van der Waals surface area contributed by atoms with Crippen LogP contribution < -0.4 is 4.90 Å². The van der Waals surface area contributed by atoms with Gasteiger partial charge in [0.2, 0.25) is 0 Å². The van der Waals surface area contributed by atoms with Gasteiger partial charge in [-0.05, 0) is 36.4 Å². The zero-order valence-corrected chi connectivity index (χ0v) is 11.3. The Morgan fingerprint density at radius 1 is 0.714 bits per heavy atom. The van der Waals surface area contributed by atoms with Crippen LogP contribution in [0.1, 0.15) is 5.69 Å². The maximum atomic E-state index is 8.88. The third kappa shape index (κ3) is 2.75. The van der Waals surface area contributed by atoms with E-state index in [0.717, 1.165) is 17.1 Å². The minimum absolute atomic E-state index is 0.417. The first-order valence-electron chi connectivity index (χ1n) is 6.65. The SMILES string of the molecule is N#Cc1ccc(N(c2ccccc2)c2ccccc2)cn1. The van der Waals surface area contributed by atoms with E-state index in [1.54, 1.807) is 12.3 Å². The Morgan fingerprint density at radius 2 is 1.29 bits per heavy atom. The van der Waals surface area contributed by atoms with Gasteiger partial charge in [0, 0.05) is 11.4 Å². The summed E-state index contributed by atoms with van der Waals surface area (Å²) in [4.78, 5) is 6.27. The van der Waals surface area contributed by atoms with E-state index in [9.17, 15) is 0 Å². The van der Waals surface area contributed by atoms with Crippen molar-refractivity contribution in [3.05, 3.63) is 84.7 Å². The number of aromatic nitrogens is 1. The summed E-state index contributed by atoms with van der Waals surface area (Å²) in [6.45, 7) is 0. The molecular formula is C18H13N3. The molecule has 100 valence electrons. The lowest BCUT2D eigenvalue weighted by Crippen LogP contribution is -2.10. The predicted molar refractivity (Wildman–Crippen MR) is 83.6 cm³/mol. The lowest BCUT2D eigenvalue weighted by molar-refractivity contribution is 1.20. The van der Waals surface area contributed by atoms with Crippen LogP contribution in [0.3, 0.4) is 0 Å². The second kappa shape index (κ2) is 5.89. The van der Waals surface area contributed by atoms with E-state index in [-0.39, 0.29) is 0 Å². The number of nitrogens with zero attached hydrogens (tertiary/aromatic N) is 3. The topological polar surface area (TPSA) is 39.9 Å². The number of hydrogen-bond donors (Lipinski definition) is 0. The van der Waals surface area contributed by atoms with Crippen molar-refractivity contribution in [3.63, 3.8) is 0 Å². The summed E-state index contributed by atoms with van der Waals surface area (Å²) < 4.78 is 0. The van der Waals surface area contributed by atoms with Crippen molar-refractivity contribution in [2.45, 2.75) is 0 Å². The minimum Gasteiger partial charge on any atom is -0.309 e. The fourth-order valence-corrected chi connectivity index (χ4v) is 2.19. The first kappa shape index (κ1) is 12.9. The van der Waals surface area contributed by atoms with Gasteiger partial charge in [-0.15, -0.1) is 0 Å². The quantitative estimate of drug-likeness (QED) is 0.707. The van der Waals surface area contributed by atoms with Crippen molar-refractivity contribution in [3.8, 4) is 6.07 Å². The van der Waals surface area contributed by atoms with Crippen molar-refractivity contribution in [1.82, 2.24) is 4.98 Å². The standard InChI is InChI=1S/C18H13N3/c19-13-15-11-12-18(14-20-15)21(16-7-3-1-4-8-16)17-9-5-2-6-10-17/h1-12,14H. The Morgan fingerprint density at radius 3 is 1.71 bits per heavy atom. The zero-order valence-electron chi connectivity index (χ0n) is 11.3. The van der Waals surface area contributed by atoms with Gasteiger partial charge in [0.1, 0.15) is 11.8 Å². The summed E-state index contributed by atoms with van der Waals surface area (Å²) in [5.74, 6) is 0. The average molecular weight is 271 g/mol. The van der Waals surface area contributed by atoms with Gasteiger partial charge in [-0.1, -0.05) is 36.4 Å². The fraction of sp³-hybridized carbons (Fsp3) is 0. The van der Waals surface area contributed by atoms with Gasteiger partial charge in [-0.25, -0.2) is 4.98 Å². The predicted octanol–water partition coefficient (Wildman–Crippen LogP) is 4.42. The Labute approximate surface area is 123 Å². The van der Waals surface area contributed by atoms with Crippen molar-refractivity contribution < 1.29 is 0 Å². The molecule has 0 bridgehead atoms. The molecular weight excluding hydrogens is 258 g/mol. The van der Waals surface area contributed by atoms with E-state index in [2.05, 4.69) is 9.88 Å². The molecule has 0 amide bonds. The van der Waals surface area contributed by atoms with Crippen molar-refractivity contribution in [1.29, 1.82) is 5.26 Å². The van der Waals surface area contributed by atoms with Crippen LogP contribution in [0.2, 0.25) is 0 Å². The van der Waals surface area contributed by atoms with Gasteiger partial charge < -0.3 is 4.90 Å². The molecule has 3 heteroatoms. The number of para-hydroxylation sites is 2. The van der Waals surface area contributed by atoms with Gasteiger partial charge in [0.15, 0.2) is 0 Å². The number of anilines is 3. The van der Waals surface area contributed by atoms with E-state index < -0.39 is 0 Å². The summed E-state index contributed by atoms with van der Waals surface area (Å²) in [7, 11) is 0. The lowest BCUT2D eigenvalue weighted by Gasteiger charge is -2.24. The molecule has 2 aromatic carbocycles. The van der Waals surface area contributed by atoms with Gasteiger partial charge in [0.25, 0.3) is 0 Å². The van der Waals surface area contributed by atoms with Gasteiger partial charge >= 0.3 is 0 Å². The van der Waals surface area contributed by atoms with Crippen molar-refractivity contribution in [2.75, 3.05) is 4.90 Å². The van der Waals surface area contributed by atoms with Crippen molar-refractivity contribution >= 4 is 17.1 Å². The van der Waals surface area contributed by atoms with Gasteiger partial charge in [-0.3, -0.25) is 0 Å². The summed E-state index contributed by atoms with van der Waals surface area (Å²) in [5.41, 5.74) is 3.44. The molecule has 0 spiro atoms. The van der Waals surface area contributed by atoms with E-state index >= 15 is 0 Å². The molecule has 0 aliphatic carbocycles. The molecule has 3 rings (SSSR count). The molecule has 1 heterocycles. The van der Waals surface area contributed by atoms with Crippen molar-refractivity contribution in [2.24, 2.45) is 0 Å². The highest BCUT2D eigenvalue weighted by Gasteiger charge is 2.11. The van der Waals surface area contributed by atoms with Crippen LogP contribution in [0.25, 0.3) is 0 Å². The molecule has 1 aromatic heterocycles. The smallest absolute Gasteiger partial charge is 0.140 e. The summed E-state index contributed by atoms with van der Waals surface area (Å²) >= 11 is 0. The summed E-state index contributed by atoms with van der Waals surface area (Å²) in [5, 5.41) is 8.88. The maximum Gasteiger partial charge on any atom is 0.140 e. The second-order valence-electron chi connectivity index (χ2n) is 4.52. The highest BCUT2D eigenvalue weighted by Crippen LogP contribution is 2.33. The molecule has 0 aliphatic rings. The molecule has 0 atom stereocenters.